The molecule has 0 rings (SSSR count). The maximum Gasteiger partial charge on any atom is 2.00 e. The maximum absolute atomic E-state index is 8.52. The molecule has 7 nitrogen and oxygen atoms in total. The molecule has 14 heteroatoms. The Bertz CT molecular complexity index is 48.7. The third-order valence-corrected chi connectivity index (χ3v) is 0. The average molecular weight is 388 g/mol. The van der Waals surface area contributed by atoms with Gasteiger partial charge in [0.2, 0.25) is 0 Å². The first-order chi connectivity index (χ1) is 1.73. The average Bonchev–Trinajstić information content (AvgIpc) is 0.811. The third-order valence-electron chi connectivity index (χ3n) is 0. The second kappa shape index (κ2) is 69.5. The predicted octanol–water partition coefficient (Wildman–Crippen LogP) is -16.0. The van der Waals surface area contributed by atoms with Crippen LogP contribution in [0.4, 0.5) is 0 Å². The van der Waals surface area contributed by atoms with Crippen LogP contribution < -0.4 is 215 Å². The molecule has 60 valence electrons. The molecule has 0 atom stereocenters. The van der Waals surface area contributed by atoms with Gasteiger partial charge in [0.15, 0.2) is 0 Å². The molecular formula is H4CaK4O7SiTi. The van der Waals surface area contributed by atoms with Gasteiger partial charge >= 0.3 is 243 Å². The minimum atomic E-state index is -3.63. The molecule has 0 saturated carbocycles. The van der Waals surface area contributed by atoms with Crippen molar-refractivity contribution in [2.75, 3.05) is 0 Å². The van der Waals surface area contributed by atoms with Crippen molar-refractivity contribution in [3.05, 3.63) is 0 Å². The molecule has 0 heterocycles. The Kier molecular flexibility index (Phi) is 398. The molecule has 4 N–H and O–H groups in total. The largest absolute Gasteiger partial charge is 2.00 e. The van der Waals surface area contributed by atoms with Gasteiger partial charge in [-0.2, -0.15) is 0 Å². The first-order valence-corrected chi connectivity index (χ1v) is 1.84. The van der Waals surface area contributed by atoms with Crippen molar-refractivity contribution in [3.63, 3.8) is 0 Å². The fourth-order valence-electron chi connectivity index (χ4n) is 0. The molecule has 0 aliphatic heterocycles. The van der Waals surface area contributed by atoms with Crippen molar-refractivity contribution < 1.29 is 263 Å². The zero-order chi connectivity index (χ0) is 3.58. The molecule has 0 fully saturated rings. The summed E-state index contributed by atoms with van der Waals surface area (Å²) >= 11 is 0. The molecule has 0 aliphatic carbocycles. The summed E-state index contributed by atoms with van der Waals surface area (Å²) in [5.41, 5.74) is 0. The van der Waals surface area contributed by atoms with E-state index < -0.39 is 9.17 Å². The predicted molar refractivity (Wildman–Crippen MR) is 19.9 cm³/mol. The number of hydrogen-bond donors (Lipinski definition) is 0. The topological polar surface area (TPSA) is 183 Å². The second-order valence-corrected chi connectivity index (χ2v) is 0.750. The number of hydrogen-bond acceptors (Lipinski definition) is 7. The first kappa shape index (κ1) is 80.3. The van der Waals surface area contributed by atoms with Crippen LogP contribution in [0.25, 0.3) is 0 Å². The Hall–Kier alpha value is 7.98. The summed E-state index contributed by atoms with van der Waals surface area (Å²) in [6.45, 7) is 0. The Labute approximate surface area is 299 Å². The Balaban J connectivity index is -0.000000001000. The van der Waals surface area contributed by atoms with E-state index in [-0.39, 0.29) is 287 Å². The van der Waals surface area contributed by atoms with E-state index in [1.807, 2.05) is 0 Å². The molecule has 0 unspecified atom stereocenters. The van der Waals surface area contributed by atoms with Crippen molar-refractivity contribution in [1.29, 1.82) is 0 Å². The van der Waals surface area contributed by atoms with Crippen molar-refractivity contribution in [2.24, 2.45) is 0 Å². The van der Waals surface area contributed by atoms with Crippen molar-refractivity contribution in [1.82, 2.24) is 0 Å². The van der Waals surface area contributed by atoms with E-state index in [4.69, 9.17) is 14.1 Å². The van der Waals surface area contributed by atoms with E-state index in [2.05, 4.69) is 0 Å². The van der Waals surface area contributed by atoms with E-state index in [9.17, 15) is 0 Å². The monoisotopic (exact) mass is 388 g/mol. The fraction of sp³-hybridized carbons (Fsp3) is 0. The minimum absolute atomic E-state index is 0. The van der Waals surface area contributed by atoms with Crippen LogP contribution in [0.3, 0.4) is 0 Å². The molecule has 14 heavy (non-hydrogen) atoms. The third kappa shape index (κ3) is 113. The van der Waals surface area contributed by atoms with Crippen LogP contribution in [0.1, 0.15) is 0 Å². The van der Waals surface area contributed by atoms with Gasteiger partial charge in [-0.15, -0.1) is 0 Å². The van der Waals surface area contributed by atoms with Crippen molar-refractivity contribution in [2.45, 2.75) is 0 Å². The normalized spacial score (nSPS) is 1.71. The van der Waals surface area contributed by atoms with Gasteiger partial charge in [-0.3, -0.25) is 0 Å². The summed E-state index contributed by atoms with van der Waals surface area (Å²) in [6.07, 6.45) is 0. The van der Waals surface area contributed by atoms with Gasteiger partial charge < -0.3 is 36.0 Å². The van der Waals surface area contributed by atoms with Crippen LogP contribution >= 0.6 is 0 Å². The molecule has 0 radical (unpaired) electrons. The van der Waals surface area contributed by atoms with E-state index >= 15 is 0 Å². The Morgan fingerprint density at radius 3 is 0.714 bits per heavy atom. The fourth-order valence-corrected chi connectivity index (χ4v) is 0. The molecule has 0 aromatic rings. The molecule has 0 amide bonds. The van der Waals surface area contributed by atoms with Crippen LogP contribution in [0.5, 0.6) is 0 Å². The zero-order valence-electron chi connectivity index (χ0n) is 8.72. The first-order valence-electron chi connectivity index (χ1n) is 0.612. The summed E-state index contributed by atoms with van der Waals surface area (Å²) in [6, 6.07) is 0. The van der Waals surface area contributed by atoms with Gasteiger partial charge in [0.05, 0.1) is 0 Å². The minimum Gasteiger partial charge on any atom is -0.870 e. The quantitative estimate of drug-likeness (QED) is 0.369. The molecule has 0 bridgehead atoms. The van der Waals surface area contributed by atoms with Crippen LogP contribution in [0.15, 0.2) is 0 Å². The molecular weight excluding hydrogens is 384 g/mol. The number of rotatable bonds is 0. The Morgan fingerprint density at radius 1 is 0.714 bits per heavy atom. The van der Waals surface area contributed by atoms with Crippen LogP contribution in [0.2, 0.25) is 0 Å². The van der Waals surface area contributed by atoms with Crippen molar-refractivity contribution >= 4 is 46.9 Å². The molecule has 0 saturated heterocycles. The van der Waals surface area contributed by atoms with E-state index in [0.29, 0.717) is 0 Å². The molecule has 0 aromatic heterocycles. The van der Waals surface area contributed by atoms with Gasteiger partial charge in [-0.05, 0) is 0 Å². The Morgan fingerprint density at radius 2 is 0.714 bits per heavy atom. The van der Waals surface area contributed by atoms with Gasteiger partial charge in [0.1, 0.15) is 0 Å². The van der Waals surface area contributed by atoms with Gasteiger partial charge in [-0.25, -0.2) is 0 Å². The van der Waals surface area contributed by atoms with E-state index in [1.165, 1.54) is 0 Å². The molecule has 0 aliphatic rings. The summed E-state index contributed by atoms with van der Waals surface area (Å²) in [5, 5.41) is 0. The van der Waals surface area contributed by atoms with E-state index in [1.54, 1.807) is 0 Å². The SMILES string of the molecule is O=[Si]([O-])[O-].[Ca+2].[K+].[K+].[K+].[K+].[OH-].[OH-].[OH-].[OH-].[Ti]. The van der Waals surface area contributed by atoms with Crippen LogP contribution in [0, 0.1) is 0 Å². The molecule has 0 spiro atoms. The van der Waals surface area contributed by atoms with Gasteiger partial charge in [0, 0.05) is 30.9 Å². The summed E-state index contributed by atoms with van der Waals surface area (Å²) in [7, 11) is -3.63. The van der Waals surface area contributed by atoms with Gasteiger partial charge in [-0.1, -0.05) is 0 Å². The second-order valence-electron chi connectivity index (χ2n) is 0.250. The standard InChI is InChI=1S/Ca.4K.O3Si.4H2O.Ti/c;;;;;1-4(2)3;;;;;/h;;;;;;4*1H2;/q+2;4*+1;-2;;;;;/p-4. The zero-order valence-corrected chi connectivity index (χ0v) is 26.0. The smallest absolute Gasteiger partial charge is 0.870 e. The van der Waals surface area contributed by atoms with Gasteiger partial charge in [0.25, 0.3) is 0 Å². The summed E-state index contributed by atoms with van der Waals surface area (Å²) in [5.74, 6) is 0. The maximum atomic E-state index is 8.52. The van der Waals surface area contributed by atoms with Crippen molar-refractivity contribution in [3.8, 4) is 0 Å². The molecule has 0 aromatic carbocycles. The van der Waals surface area contributed by atoms with Crippen LogP contribution in [-0.2, 0) is 26.2 Å². The van der Waals surface area contributed by atoms with E-state index in [0.717, 1.165) is 0 Å². The summed E-state index contributed by atoms with van der Waals surface area (Å²) < 4.78 is 8.52. The van der Waals surface area contributed by atoms with Crippen LogP contribution in [-0.4, -0.2) is 68.8 Å². The summed E-state index contributed by atoms with van der Waals surface area (Å²) in [4.78, 5) is 17.0.